The molecule has 140 valence electrons. The molecular formula is C23H21N3O2. The zero-order valence-electron chi connectivity index (χ0n) is 15.8. The van der Waals surface area contributed by atoms with Crippen LogP contribution in [0.4, 0.5) is 11.5 Å². The Kier molecular flexibility index (Phi) is 4.81. The zero-order valence-corrected chi connectivity index (χ0v) is 15.8. The highest BCUT2D eigenvalue weighted by Crippen LogP contribution is 2.24. The van der Waals surface area contributed by atoms with E-state index >= 15 is 0 Å². The van der Waals surface area contributed by atoms with Crippen molar-refractivity contribution in [2.45, 2.75) is 20.4 Å². The molecule has 0 saturated heterocycles. The summed E-state index contributed by atoms with van der Waals surface area (Å²) in [5, 5.41) is 7.06. The molecule has 4 rings (SSSR count). The van der Waals surface area contributed by atoms with Crippen molar-refractivity contribution in [1.82, 2.24) is 10.3 Å². The molecule has 0 aliphatic heterocycles. The first-order valence-corrected chi connectivity index (χ1v) is 9.14. The third kappa shape index (κ3) is 3.88. The predicted octanol–water partition coefficient (Wildman–Crippen LogP) is 5.12. The van der Waals surface area contributed by atoms with E-state index in [2.05, 4.69) is 47.7 Å². The average molecular weight is 371 g/mol. The van der Waals surface area contributed by atoms with Crippen LogP contribution in [0.15, 0.2) is 71.3 Å². The molecular weight excluding hydrogens is 350 g/mol. The third-order valence-electron chi connectivity index (χ3n) is 4.46. The van der Waals surface area contributed by atoms with Gasteiger partial charge in [0, 0.05) is 11.1 Å². The van der Waals surface area contributed by atoms with E-state index in [0.29, 0.717) is 23.7 Å². The number of para-hydroxylation sites is 1. The molecule has 2 heterocycles. The minimum absolute atomic E-state index is 0.168. The quantitative estimate of drug-likeness (QED) is 0.511. The summed E-state index contributed by atoms with van der Waals surface area (Å²) in [5.41, 5.74) is 4.62. The second-order valence-corrected chi connectivity index (χ2v) is 6.84. The molecule has 2 aromatic carbocycles. The third-order valence-corrected chi connectivity index (χ3v) is 4.46. The average Bonchev–Trinajstić information content (AvgIpc) is 3.18. The smallest absolute Gasteiger partial charge is 0.252 e. The molecule has 0 aliphatic carbocycles. The number of nitrogens with zero attached hydrogens (tertiary/aromatic N) is 1. The summed E-state index contributed by atoms with van der Waals surface area (Å²) in [6.45, 7) is 4.45. The molecule has 0 aliphatic rings. The fourth-order valence-corrected chi connectivity index (χ4v) is 3.30. The fraction of sp³-hybridized carbons (Fsp3) is 0.130. The maximum Gasteiger partial charge on any atom is 0.252 e. The lowest BCUT2D eigenvalue weighted by Gasteiger charge is -2.12. The highest BCUT2D eigenvalue weighted by Gasteiger charge is 2.13. The minimum atomic E-state index is -0.168. The maximum atomic E-state index is 12.9. The van der Waals surface area contributed by atoms with Crippen LogP contribution in [-0.2, 0) is 6.54 Å². The van der Waals surface area contributed by atoms with Gasteiger partial charge in [-0.3, -0.25) is 4.79 Å². The maximum absolute atomic E-state index is 12.9. The van der Waals surface area contributed by atoms with Gasteiger partial charge in [0.1, 0.15) is 11.6 Å². The van der Waals surface area contributed by atoms with Crippen LogP contribution in [0, 0.1) is 13.8 Å². The van der Waals surface area contributed by atoms with Crippen molar-refractivity contribution in [3.8, 4) is 0 Å². The molecule has 0 unspecified atom stereocenters. The molecule has 0 atom stereocenters. The molecule has 0 fully saturated rings. The summed E-state index contributed by atoms with van der Waals surface area (Å²) in [6, 6.07) is 19.3. The van der Waals surface area contributed by atoms with Crippen molar-refractivity contribution in [2.75, 3.05) is 5.32 Å². The Morgan fingerprint density at radius 2 is 1.79 bits per heavy atom. The molecule has 5 nitrogen and oxygen atoms in total. The number of nitrogens with one attached hydrogen (secondary N) is 2. The van der Waals surface area contributed by atoms with E-state index in [1.165, 1.54) is 11.1 Å². The molecule has 28 heavy (non-hydrogen) atoms. The second-order valence-electron chi connectivity index (χ2n) is 6.84. The van der Waals surface area contributed by atoms with Gasteiger partial charge in [-0.05, 0) is 61.4 Å². The molecule has 2 aromatic heterocycles. The second kappa shape index (κ2) is 7.56. The molecule has 4 aromatic rings. The highest BCUT2D eigenvalue weighted by atomic mass is 16.3. The van der Waals surface area contributed by atoms with Crippen LogP contribution in [0.2, 0.25) is 0 Å². The van der Waals surface area contributed by atoms with E-state index < -0.39 is 0 Å². The number of hydrogen-bond donors (Lipinski definition) is 2. The van der Waals surface area contributed by atoms with Crippen LogP contribution in [0.5, 0.6) is 0 Å². The number of fused-ring (bicyclic) bond motifs is 1. The van der Waals surface area contributed by atoms with Crippen LogP contribution in [0.25, 0.3) is 10.9 Å². The Hall–Kier alpha value is -3.60. The lowest BCUT2D eigenvalue weighted by molar-refractivity contribution is 0.0949. The lowest BCUT2D eigenvalue weighted by Crippen LogP contribution is -2.23. The van der Waals surface area contributed by atoms with Crippen molar-refractivity contribution in [1.29, 1.82) is 0 Å². The van der Waals surface area contributed by atoms with Crippen LogP contribution in [0.3, 0.4) is 0 Å². The van der Waals surface area contributed by atoms with Crippen molar-refractivity contribution < 1.29 is 9.21 Å². The summed E-state index contributed by atoms with van der Waals surface area (Å²) in [4.78, 5) is 17.5. The van der Waals surface area contributed by atoms with E-state index in [9.17, 15) is 4.79 Å². The van der Waals surface area contributed by atoms with Gasteiger partial charge < -0.3 is 15.1 Å². The van der Waals surface area contributed by atoms with Gasteiger partial charge in [0.05, 0.1) is 23.9 Å². The Morgan fingerprint density at radius 1 is 1.00 bits per heavy atom. The van der Waals surface area contributed by atoms with E-state index in [1.807, 2.05) is 30.3 Å². The van der Waals surface area contributed by atoms with Gasteiger partial charge in [-0.25, -0.2) is 4.98 Å². The van der Waals surface area contributed by atoms with Crippen molar-refractivity contribution in [3.05, 3.63) is 89.4 Å². The summed E-state index contributed by atoms with van der Waals surface area (Å²) >= 11 is 0. The molecule has 0 radical (unpaired) electrons. The zero-order chi connectivity index (χ0) is 19.5. The number of aryl methyl sites for hydroxylation is 2. The fourth-order valence-electron chi connectivity index (χ4n) is 3.30. The van der Waals surface area contributed by atoms with Gasteiger partial charge in [-0.1, -0.05) is 24.3 Å². The normalized spacial score (nSPS) is 10.8. The van der Waals surface area contributed by atoms with Crippen LogP contribution in [0.1, 0.15) is 27.2 Å². The van der Waals surface area contributed by atoms with Crippen molar-refractivity contribution in [3.63, 3.8) is 0 Å². The largest absolute Gasteiger partial charge is 0.467 e. The van der Waals surface area contributed by atoms with E-state index in [1.54, 1.807) is 18.4 Å². The molecule has 0 spiro atoms. The van der Waals surface area contributed by atoms with Gasteiger partial charge in [-0.2, -0.15) is 0 Å². The lowest BCUT2D eigenvalue weighted by atomic mass is 10.1. The number of furan rings is 1. The monoisotopic (exact) mass is 371 g/mol. The first-order chi connectivity index (χ1) is 13.6. The number of amides is 1. The predicted molar refractivity (Wildman–Crippen MR) is 111 cm³/mol. The molecule has 2 N–H and O–H groups in total. The minimum Gasteiger partial charge on any atom is -0.467 e. The van der Waals surface area contributed by atoms with Crippen molar-refractivity contribution in [2.24, 2.45) is 0 Å². The molecule has 0 saturated carbocycles. The number of anilines is 2. The highest BCUT2D eigenvalue weighted by molar-refractivity contribution is 6.07. The number of hydrogen-bond acceptors (Lipinski definition) is 4. The van der Waals surface area contributed by atoms with Gasteiger partial charge in [-0.15, -0.1) is 0 Å². The first kappa shape index (κ1) is 17.8. The van der Waals surface area contributed by atoms with Gasteiger partial charge in [0.25, 0.3) is 5.91 Å². The number of benzene rings is 2. The Morgan fingerprint density at radius 3 is 2.54 bits per heavy atom. The van der Waals surface area contributed by atoms with E-state index in [4.69, 9.17) is 4.42 Å². The SMILES string of the molecule is Cc1cc(C)cc(Nc2cc(C(=O)NCc3ccco3)c3ccccc3n2)c1. The number of carbonyl (C=O) groups is 1. The molecule has 1 amide bonds. The standard InChI is InChI=1S/C23H21N3O2/c1-15-10-16(2)12-17(11-15)25-22-13-20(19-7-3-4-8-21(19)26-22)23(27)24-14-18-6-5-9-28-18/h3-13H,14H2,1-2H3,(H,24,27)(H,25,26). The summed E-state index contributed by atoms with van der Waals surface area (Å²) in [7, 11) is 0. The summed E-state index contributed by atoms with van der Waals surface area (Å²) < 4.78 is 5.29. The van der Waals surface area contributed by atoms with Crippen molar-refractivity contribution >= 4 is 28.3 Å². The van der Waals surface area contributed by atoms with Crippen LogP contribution < -0.4 is 10.6 Å². The number of pyridine rings is 1. The first-order valence-electron chi connectivity index (χ1n) is 9.14. The number of aromatic nitrogens is 1. The van der Waals surface area contributed by atoms with Gasteiger partial charge in [0.15, 0.2) is 0 Å². The van der Waals surface area contributed by atoms with Crippen LogP contribution >= 0.6 is 0 Å². The Labute approximate surface area is 163 Å². The van der Waals surface area contributed by atoms with E-state index in [0.717, 1.165) is 16.6 Å². The number of rotatable bonds is 5. The van der Waals surface area contributed by atoms with Gasteiger partial charge in [0.2, 0.25) is 0 Å². The molecule has 0 bridgehead atoms. The summed E-state index contributed by atoms with van der Waals surface area (Å²) in [6.07, 6.45) is 1.59. The Bertz CT molecular complexity index is 1110. The summed E-state index contributed by atoms with van der Waals surface area (Å²) in [5.74, 6) is 1.17. The van der Waals surface area contributed by atoms with Crippen LogP contribution in [-0.4, -0.2) is 10.9 Å². The van der Waals surface area contributed by atoms with Gasteiger partial charge >= 0.3 is 0 Å². The molecule has 5 heteroatoms. The Balaban J connectivity index is 1.67. The topological polar surface area (TPSA) is 67.2 Å². The number of carbonyl (C=O) groups excluding carboxylic acids is 1. The van der Waals surface area contributed by atoms with E-state index in [-0.39, 0.29) is 5.91 Å².